The molecule has 0 amide bonds. The van der Waals surface area contributed by atoms with E-state index >= 15 is 0 Å². The molecule has 1 rings (SSSR count). The van der Waals surface area contributed by atoms with E-state index in [0.29, 0.717) is 5.84 Å². The summed E-state index contributed by atoms with van der Waals surface area (Å²) in [6, 6.07) is 0.0653. The lowest BCUT2D eigenvalue weighted by Gasteiger charge is -2.38. The van der Waals surface area contributed by atoms with E-state index in [1.165, 1.54) is 0 Å². The summed E-state index contributed by atoms with van der Waals surface area (Å²) < 4.78 is 5.35. The number of amidine groups is 1. The number of hydrogen-bond acceptors (Lipinski definition) is 5. The molecule has 1 heterocycles. The Labute approximate surface area is 116 Å². The number of nitrogens with zero attached hydrogens (tertiary/aromatic N) is 3. The molecular weight excluding hydrogens is 244 g/mol. The van der Waals surface area contributed by atoms with Crippen molar-refractivity contribution in [2.75, 3.05) is 45.9 Å². The number of rotatable bonds is 8. The van der Waals surface area contributed by atoms with Gasteiger partial charge < -0.3 is 20.6 Å². The average Bonchev–Trinajstić information content (AvgIpc) is 2.45. The van der Waals surface area contributed by atoms with Gasteiger partial charge in [0.1, 0.15) is 0 Å². The van der Waals surface area contributed by atoms with Crippen LogP contribution in [0.15, 0.2) is 5.16 Å². The molecule has 0 aliphatic carbocycles. The van der Waals surface area contributed by atoms with Crippen molar-refractivity contribution in [3.05, 3.63) is 0 Å². The first kappa shape index (κ1) is 16.2. The van der Waals surface area contributed by atoms with Crippen LogP contribution in [0.4, 0.5) is 0 Å². The summed E-state index contributed by atoms with van der Waals surface area (Å²) in [5.41, 5.74) is 5.73. The highest BCUT2D eigenvalue weighted by Crippen LogP contribution is 2.10. The topological polar surface area (TPSA) is 74.3 Å². The Kier molecular flexibility index (Phi) is 7.78. The second kappa shape index (κ2) is 9.12. The summed E-state index contributed by atoms with van der Waals surface area (Å²) in [5, 5.41) is 11.9. The number of piperazine rings is 1. The van der Waals surface area contributed by atoms with Crippen LogP contribution in [0.25, 0.3) is 0 Å². The molecule has 1 saturated heterocycles. The summed E-state index contributed by atoms with van der Waals surface area (Å²) in [7, 11) is 0. The van der Waals surface area contributed by atoms with Crippen molar-refractivity contribution in [3.63, 3.8) is 0 Å². The molecule has 0 saturated carbocycles. The van der Waals surface area contributed by atoms with Gasteiger partial charge in [-0.3, -0.25) is 4.90 Å². The van der Waals surface area contributed by atoms with Crippen molar-refractivity contribution in [2.24, 2.45) is 10.9 Å². The summed E-state index contributed by atoms with van der Waals surface area (Å²) >= 11 is 0. The maximum Gasteiger partial charge on any atom is 0.156 e. The van der Waals surface area contributed by atoms with Crippen LogP contribution in [-0.2, 0) is 4.74 Å². The average molecular weight is 272 g/mol. The van der Waals surface area contributed by atoms with E-state index in [1.54, 1.807) is 0 Å². The lowest BCUT2D eigenvalue weighted by atomic mass is 10.1. The molecule has 0 aromatic rings. The van der Waals surface area contributed by atoms with Crippen LogP contribution in [-0.4, -0.2) is 72.8 Å². The Hall–Kier alpha value is -0.850. The van der Waals surface area contributed by atoms with Crippen molar-refractivity contribution in [2.45, 2.75) is 32.7 Å². The minimum Gasteiger partial charge on any atom is -0.409 e. The van der Waals surface area contributed by atoms with Gasteiger partial charge in [0.2, 0.25) is 0 Å². The van der Waals surface area contributed by atoms with Gasteiger partial charge in [-0.25, -0.2) is 0 Å². The van der Waals surface area contributed by atoms with E-state index in [2.05, 4.69) is 21.9 Å². The molecule has 1 aliphatic rings. The van der Waals surface area contributed by atoms with Crippen molar-refractivity contribution in [3.8, 4) is 0 Å². The molecule has 1 unspecified atom stereocenters. The molecule has 1 atom stereocenters. The molecule has 0 aromatic heterocycles. The standard InChI is InChI=1S/C13H28N4O2/c1-3-12(13(14)15-18)17-9-7-16(8-10-17)6-5-11-19-4-2/h12,18H,3-11H2,1-2H3,(H2,14,15). The fourth-order valence-corrected chi connectivity index (χ4v) is 2.55. The maximum absolute atomic E-state index is 8.80. The largest absolute Gasteiger partial charge is 0.409 e. The summed E-state index contributed by atoms with van der Waals surface area (Å²) in [6.45, 7) is 10.9. The van der Waals surface area contributed by atoms with Gasteiger partial charge in [0.05, 0.1) is 6.04 Å². The third kappa shape index (κ3) is 5.34. The SMILES string of the molecule is CCOCCCN1CCN(C(CC)C(N)=NO)CC1. The molecule has 112 valence electrons. The predicted molar refractivity (Wildman–Crippen MR) is 76.6 cm³/mol. The molecule has 6 heteroatoms. The minimum atomic E-state index is 0.0653. The fraction of sp³-hybridized carbons (Fsp3) is 0.923. The maximum atomic E-state index is 8.80. The fourth-order valence-electron chi connectivity index (χ4n) is 2.55. The number of ether oxygens (including phenoxy) is 1. The van der Waals surface area contributed by atoms with Crippen LogP contribution >= 0.6 is 0 Å². The Bertz CT molecular complexity index is 265. The summed E-state index contributed by atoms with van der Waals surface area (Å²) in [6.07, 6.45) is 1.96. The van der Waals surface area contributed by atoms with Crippen LogP contribution in [0.3, 0.4) is 0 Å². The first-order valence-electron chi connectivity index (χ1n) is 7.24. The van der Waals surface area contributed by atoms with Crippen molar-refractivity contribution in [1.29, 1.82) is 0 Å². The molecular formula is C13H28N4O2. The Morgan fingerprint density at radius 2 is 2.00 bits per heavy atom. The predicted octanol–water partition coefficient (Wildman–Crippen LogP) is 0.556. The van der Waals surface area contributed by atoms with Crippen LogP contribution in [0.1, 0.15) is 26.7 Å². The second-order valence-electron chi connectivity index (χ2n) is 4.88. The van der Waals surface area contributed by atoms with Crippen LogP contribution in [0, 0.1) is 0 Å². The van der Waals surface area contributed by atoms with Gasteiger partial charge in [0, 0.05) is 45.9 Å². The smallest absolute Gasteiger partial charge is 0.156 e. The van der Waals surface area contributed by atoms with Gasteiger partial charge >= 0.3 is 0 Å². The van der Waals surface area contributed by atoms with E-state index in [4.69, 9.17) is 15.7 Å². The Morgan fingerprint density at radius 3 is 2.53 bits per heavy atom. The molecule has 0 radical (unpaired) electrons. The van der Waals surface area contributed by atoms with Crippen LogP contribution in [0.5, 0.6) is 0 Å². The van der Waals surface area contributed by atoms with Crippen LogP contribution < -0.4 is 5.73 Å². The molecule has 1 fully saturated rings. The Morgan fingerprint density at radius 1 is 1.32 bits per heavy atom. The van der Waals surface area contributed by atoms with E-state index < -0.39 is 0 Å². The van der Waals surface area contributed by atoms with Gasteiger partial charge in [-0.15, -0.1) is 0 Å². The van der Waals surface area contributed by atoms with Gasteiger partial charge in [-0.05, 0) is 19.8 Å². The third-order valence-corrected chi connectivity index (χ3v) is 3.66. The monoisotopic (exact) mass is 272 g/mol. The molecule has 0 spiro atoms. The molecule has 1 aliphatic heterocycles. The lowest BCUT2D eigenvalue weighted by molar-refractivity contribution is 0.0949. The lowest BCUT2D eigenvalue weighted by Crippen LogP contribution is -2.54. The second-order valence-corrected chi connectivity index (χ2v) is 4.88. The number of oxime groups is 1. The van der Waals surface area contributed by atoms with Crippen LogP contribution in [0.2, 0.25) is 0 Å². The normalized spacial score (nSPS) is 20.6. The van der Waals surface area contributed by atoms with Crippen molar-refractivity contribution < 1.29 is 9.94 Å². The van der Waals surface area contributed by atoms with Gasteiger partial charge in [0.25, 0.3) is 0 Å². The molecule has 19 heavy (non-hydrogen) atoms. The zero-order chi connectivity index (χ0) is 14.1. The number of nitrogens with two attached hydrogens (primary N) is 1. The van der Waals surface area contributed by atoms with E-state index in [0.717, 1.165) is 58.8 Å². The summed E-state index contributed by atoms with van der Waals surface area (Å²) in [5.74, 6) is 0.326. The first-order valence-corrected chi connectivity index (χ1v) is 7.24. The molecule has 6 nitrogen and oxygen atoms in total. The van der Waals surface area contributed by atoms with E-state index in [9.17, 15) is 0 Å². The van der Waals surface area contributed by atoms with Crippen molar-refractivity contribution in [1.82, 2.24) is 9.80 Å². The van der Waals surface area contributed by atoms with Gasteiger partial charge in [-0.2, -0.15) is 0 Å². The van der Waals surface area contributed by atoms with Gasteiger partial charge in [0.15, 0.2) is 5.84 Å². The highest BCUT2D eigenvalue weighted by molar-refractivity contribution is 5.85. The molecule has 0 bridgehead atoms. The summed E-state index contributed by atoms with van der Waals surface area (Å²) in [4.78, 5) is 4.75. The molecule has 3 N–H and O–H groups in total. The highest BCUT2D eigenvalue weighted by Gasteiger charge is 2.25. The third-order valence-electron chi connectivity index (χ3n) is 3.66. The number of hydrogen-bond donors (Lipinski definition) is 2. The quantitative estimate of drug-likeness (QED) is 0.222. The zero-order valence-electron chi connectivity index (χ0n) is 12.2. The van der Waals surface area contributed by atoms with E-state index in [-0.39, 0.29) is 6.04 Å². The first-order chi connectivity index (χ1) is 9.22. The molecule has 0 aromatic carbocycles. The Balaban J connectivity index is 2.27. The highest BCUT2D eigenvalue weighted by atomic mass is 16.5. The van der Waals surface area contributed by atoms with Crippen molar-refractivity contribution >= 4 is 5.84 Å². The van der Waals surface area contributed by atoms with Gasteiger partial charge in [-0.1, -0.05) is 12.1 Å². The minimum absolute atomic E-state index is 0.0653. The van der Waals surface area contributed by atoms with E-state index in [1.807, 2.05) is 6.92 Å². The zero-order valence-corrected chi connectivity index (χ0v) is 12.2.